The first-order valence-electron chi connectivity index (χ1n) is 26.0. The van der Waals surface area contributed by atoms with Crippen molar-refractivity contribution in [1.82, 2.24) is 24.2 Å². The first kappa shape index (κ1) is 48.8. The number of aromatic nitrogens is 6. The number of rotatable bonds is 9. The van der Waals surface area contributed by atoms with Crippen LogP contribution in [0.25, 0.3) is 84.0 Å². The first-order valence-corrected chi connectivity index (χ1v) is 26.0. The van der Waals surface area contributed by atoms with Crippen LogP contribution in [0.1, 0.15) is 90.1 Å². The molecule has 0 bridgehead atoms. The van der Waals surface area contributed by atoms with Gasteiger partial charge in [0.15, 0.2) is 5.82 Å². The Morgan fingerprint density at radius 3 is 1.69 bits per heavy atom. The van der Waals surface area contributed by atoms with Gasteiger partial charge < -0.3 is 4.74 Å². The third-order valence-corrected chi connectivity index (χ3v) is 14.4. The van der Waals surface area contributed by atoms with Crippen LogP contribution in [-0.4, -0.2) is 24.2 Å². The predicted molar refractivity (Wildman–Crippen MR) is 308 cm³/mol. The Balaban J connectivity index is 1.18. The summed E-state index contributed by atoms with van der Waals surface area (Å²) in [4.78, 5) is 10.6. The second-order valence-electron chi connectivity index (χ2n) is 23.0. The van der Waals surface area contributed by atoms with E-state index in [-0.39, 0.29) is 16.2 Å². The van der Waals surface area contributed by atoms with Crippen molar-refractivity contribution in [3.8, 4) is 73.7 Å². The monoisotopic (exact) mass is 981 g/mol. The van der Waals surface area contributed by atoms with Gasteiger partial charge in [0.1, 0.15) is 23.1 Å². The summed E-state index contributed by atoms with van der Waals surface area (Å²) in [5.41, 5.74) is 15.6. The van der Waals surface area contributed by atoms with Gasteiger partial charge in [0.25, 0.3) is 6.33 Å². The number of hydrogen-bond donors (Lipinski definition) is 0. The lowest BCUT2D eigenvalue weighted by atomic mass is 9.80. The van der Waals surface area contributed by atoms with Gasteiger partial charge in [0, 0.05) is 46.3 Å². The van der Waals surface area contributed by atoms with E-state index < -0.39 is 0 Å². The van der Waals surface area contributed by atoms with Crippen LogP contribution in [0.5, 0.6) is 11.5 Å². The van der Waals surface area contributed by atoms with Crippen LogP contribution in [-0.2, 0) is 16.2 Å². The van der Waals surface area contributed by atoms with Crippen LogP contribution in [0.4, 0.5) is 0 Å². The highest BCUT2D eigenvalue weighted by molar-refractivity contribution is 6.09. The lowest BCUT2D eigenvalue weighted by Gasteiger charge is -2.26. The summed E-state index contributed by atoms with van der Waals surface area (Å²) >= 11 is 0. The second kappa shape index (κ2) is 18.8. The van der Waals surface area contributed by atoms with Crippen molar-refractivity contribution in [3.63, 3.8) is 0 Å². The zero-order valence-electron chi connectivity index (χ0n) is 45.0. The number of pyridine rings is 2. The number of aryl methyl sites for hydroxylation is 2. The van der Waals surface area contributed by atoms with Gasteiger partial charge in [-0.2, -0.15) is 4.68 Å². The summed E-state index contributed by atoms with van der Waals surface area (Å²) in [5.74, 6) is 3.45. The van der Waals surface area contributed by atoms with Crippen LogP contribution in [0, 0.1) is 20.2 Å². The van der Waals surface area contributed by atoms with Crippen molar-refractivity contribution in [2.45, 2.75) is 92.4 Å². The molecule has 4 aromatic heterocycles. The molecule has 0 saturated heterocycles. The van der Waals surface area contributed by atoms with Crippen LogP contribution in [0.2, 0.25) is 0 Å². The minimum absolute atomic E-state index is 0.0543. The molecule has 0 saturated carbocycles. The van der Waals surface area contributed by atoms with E-state index in [1.165, 1.54) is 16.7 Å². The Labute approximate surface area is 441 Å². The van der Waals surface area contributed by atoms with Crippen LogP contribution in [0.3, 0.4) is 0 Å². The maximum atomic E-state index is 7.16. The van der Waals surface area contributed by atoms with E-state index in [4.69, 9.17) is 19.8 Å². The molecule has 0 atom stereocenters. The summed E-state index contributed by atoms with van der Waals surface area (Å²) in [6, 6.07) is 64.2. The SMILES string of the molecule is Cc1cccc(C)c1-c1cc(Oc2ccc3c4ccccc4n(-c4cc(C(C)(C)C)ccn4)c3c2)cc(-n2[c-][n+](-c3cc(C(C)(C)C)cc(C(C)(C)C)c3)nc2-c2c(-c3ccccc3)cccc2-c2ccccc2)n1. The number of para-hydroxylation sites is 1. The average molecular weight is 981 g/mol. The van der Waals surface area contributed by atoms with Gasteiger partial charge >= 0.3 is 0 Å². The number of benzene rings is 7. The normalized spacial score (nSPS) is 12.2. The number of fused-ring (bicyclic) bond motifs is 3. The highest BCUT2D eigenvalue weighted by Gasteiger charge is 2.27. The van der Waals surface area contributed by atoms with Crippen molar-refractivity contribution >= 4 is 21.8 Å². The lowest BCUT2D eigenvalue weighted by molar-refractivity contribution is -0.660. The minimum atomic E-state index is -0.125. The third kappa shape index (κ3) is 9.44. The summed E-state index contributed by atoms with van der Waals surface area (Å²) in [7, 11) is 0. The smallest absolute Gasteiger partial charge is 0.275 e. The van der Waals surface area contributed by atoms with Gasteiger partial charge in [-0.05, 0) is 110 Å². The molecule has 0 spiro atoms. The molecule has 0 aliphatic rings. The average Bonchev–Trinajstić information content (AvgIpc) is 3.99. The van der Waals surface area contributed by atoms with Gasteiger partial charge in [-0.3, -0.25) is 14.1 Å². The van der Waals surface area contributed by atoms with Crippen molar-refractivity contribution < 1.29 is 9.42 Å². The third-order valence-electron chi connectivity index (χ3n) is 14.4. The Hall–Kier alpha value is -8.42. The van der Waals surface area contributed by atoms with Crippen LogP contribution < -0.4 is 9.42 Å². The Kier molecular flexibility index (Phi) is 12.2. The fourth-order valence-electron chi connectivity index (χ4n) is 10.3. The standard InChI is InChI=1S/C68H64N6O/c1-44-22-20-23-45(2)63(44)58-40-53(75-52-32-33-57-56-28-18-19-31-59(56)74(60(57)41-52)61-39-48(34-35-69-61)66(3,4)5)42-62(70-58)72-43-73(51-37-49(67(6,7)8)36-50(38-51)68(9,10)11)71-65(72)64-54(46-24-14-12-15-25-46)29-21-30-55(64)47-26-16-13-17-27-47/h12-42H,1-11H3. The van der Waals surface area contributed by atoms with E-state index in [9.17, 15) is 0 Å². The zero-order valence-corrected chi connectivity index (χ0v) is 45.0. The highest BCUT2D eigenvalue weighted by atomic mass is 16.5. The minimum Gasteiger partial charge on any atom is -0.458 e. The van der Waals surface area contributed by atoms with Gasteiger partial charge in [0.05, 0.1) is 22.4 Å². The molecule has 75 heavy (non-hydrogen) atoms. The molecular weight excluding hydrogens is 917 g/mol. The van der Waals surface area contributed by atoms with E-state index in [1.54, 1.807) is 0 Å². The van der Waals surface area contributed by atoms with E-state index >= 15 is 0 Å². The topological polar surface area (TPSA) is 61.6 Å². The van der Waals surface area contributed by atoms with E-state index in [0.717, 1.165) is 83.5 Å². The van der Waals surface area contributed by atoms with Gasteiger partial charge in [-0.25, -0.2) is 4.98 Å². The van der Waals surface area contributed by atoms with Crippen molar-refractivity contribution in [1.29, 1.82) is 0 Å². The van der Waals surface area contributed by atoms with Gasteiger partial charge in [-0.1, -0.05) is 196 Å². The molecule has 0 radical (unpaired) electrons. The molecule has 7 aromatic carbocycles. The molecule has 0 aliphatic carbocycles. The summed E-state index contributed by atoms with van der Waals surface area (Å²) in [6.07, 6.45) is 5.72. The maximum absolute atomic E-state index is 7.16. The van der Waals surface area contributed by atoms with E-state index in [0.29, 0.717) is 23.1 Å². The largest absolute Gasteiger partial charge is 0.458 e. The lowest BCUT2D eigenvalue weighted by Crippen LogP contribution is -2.34. The Bertz CT molecular complexity index is 3830. The molecule has 372 valence electrons. The van der Waals surface area contributed by atoms with Crippen LogP contribution in [0.15, 0.2) is 188 Å². The Morgan fingerprint density at radius 2 is 1.07 bits per heavy atom. The number of ether oxygens (including phenoxy) is 1. The van der Waals surface area contributed by atoms with Crippen molar-refractivity contribution in [2.75, 3.05) is 0 Å². The van der Waals surface area contributed by atoms with Crippen molar-refractivity contribution in [2.24, 2.45) is 0 Å². The molecule has 0 fully saturated rings. The predicted octanol–water partition coefficient (Wildman–Crippen LogP) is 16.8. The van der Waals surface area contributed by atoms with Gasteiger partial charge in [0.2, 0.25) is 0 Å². The molecule has 11 rings (SSSR count). The molecular formula is C68H64N6O. The molecule has 7 nitrogen and oxygen atoms in total. The fourth-order valence-corrected chi connectivity index (χ4v) is 10.3. The zero-order chi connectivity index (χ0) is 52.4. The van der Waals surface area contributed by atoms with Crippen molar-refractivity contribution in [3.05, 3.63) is 222 Å². The second-order valence-corrected chi connectivity index (χ2v) is 23.0. The quantitative estimate of drug-likeness (QED) is 0.107. The maximum Gasteiger partial charge on any atom is 0.275 e. The first-order chi connectivity index (χ1) is 35.9. The fraction of sp³-hybridized carbons (Fsp3) is 0.206. The molecule has 0 unspecified atom stereocenters. The summed E-state index contributed by atoms with van der Waals surface area (Å²) in [5, 5.41) is 7.91. The Morgan fingerprint density at radius 1 is 0.480 bits per heavy atom. The summed E-state index contributed by atoms with van der Waals surface area (Å²) in [6.45, 7) is 24.6. The highest BCUT2D eigenvalue weighted by Crippen LogP contribution is 2.42. The molecule has 0 amide bonds. The molecule has 7 heteroatoms. The number of nitrogens with zero attached hydrogens (tertiary/aromatic N) is 6. The van der Waals surface area contributed by atoms with Gasteiger partial charge in [-0.15, -0.1) is 5.10 Å². The number of hydrogen-bond acceptors (Lipinski definition) is 4. The van der Waals surface area contributed by atoms with E-state index in [2.05, 4.69) is 263 Å². The van der Waals surface area contributed by atoms with Crippen LogP contribution >= 0.6 is 0 Å². The molecule has 0 N–H and O–H groups in total. The molecule has 11 aromatic rings. The molecule has 0 aliphatic heterocycles. The summed E-state index contributed by atoms with van der Waals surface area (Å²) < 4.78 is 13.4. The van der Waals surface area contributed by atoms with E-state index in [1.807, 2.05) is 21.5 Å². The molecule has 4 heterocycles.